The average molecular weight is 397 g/mol. The molecule has 0 unspecified atom stereocenters. The Morgan fingerprint density at radius 1 is 1.11 bits per heavy atom. The van der Waals surface area contributed by atoms with E-state index >= 15 is 0 Å². The zero-order valence-electron chi connectivity index (χ0n) is 14.5. The quantitative estimate of drug-likeness (QED) is 0.632. The van der Waals surface area contributed by atoms with Gasteiger partial charge in [-0.3, -0.25) is 0 Å². The first kappa shape index (κ1) is 19.0. The van der Waals surface area contributed by atoms with Crippen molar-refractivity contribution in [3.8, 4) is 11.4 Å². The molecule has 0 fully saturated rings. The Bertz CT molecular complexity index is 937. The Morgan fingerprint density at radius 3 is 2.41 bits per heavy atom. The first-order valence-electron chi connectivity index (χ1n) is 7.92. The van der Waals surface area contributed by atoms with E-state index in [1.54, 1.807) is 25.4 Å². The summed E-state index contributed by atoms with van der Waals surface area (Å²) >= 11 is 5.81. The molecule has 0 saturated heterocycles. The molecule has 0 aliphatic rings. The Morgan fingerprint density at radius 2 is 1.81 bits per heavy atom. The molecule has 0 saturated carbocycles. The van der Waals surface area contributed by atoms with Gasteiger partial charge in [-0.15, -0.1) is 0 Å². The highest BCUT2D eigenvalue weighted by molar-refractivity contribution is 6.28. The summed E-state index contributed by atoms with van der Waals surface area (Å²) in [6, 6.07) is 7.08. The second-order valence-electron chi connectivity index (χ2n) is 5.73. The fraction of sp³-hybridized carbons (Fsp3) is 0.235. The van der Waals surface area contributed by atoms with Crippen molar-refractivity contribution in [3.05, 3.63) is 53.2 Å². The molecule has 3 aromatic rings. The number of alkyl halides is 3. The van der Waals surface area contributed by atoms with Gasteiger partial charge in [-0.05, 0) is 17.2 Å². The Kier molecular flexibility index (Phi) is 5.22. The first-order chi connectivity index (χ1) is 12.8. The number of imidazole rings is 1. The van der Waals surface area contributed by atoms with Gasteiger partial charge in [0.05, 0.1) is 18.1 Å². The van der Waals surface area contributed by atoms with Crippen LogP contribution in [-0.4, -0.2) is 26.6 Å². The normalized spacial score (nSPS) is 11.5. The van der Waals surface area contributed by atoms with Crippen LogP contribution in [0.4, 0.5) is 24.7 Å². The molecule has 0 aliphatic carbocycles. The molecule has 0 amide bonds. The highest BCUT2D eigenvalue weighted by Gasteiger charge is 2.35. The van der Waals surface area contributed by atoms with Crippen molar-refractivity contribution < 1.29 is 13.2 Å². The molecule has 2 N–H and O–H groups in total. The summed E-state index contributed by atoms with van der Waals surface area (Å²) in [4.78, 5) is 11.9. The van der Waals surface area contributed by atoms with Gasteiger partial charge in [-0.25, -0.2) is 9.97 Å². The smallest absolute Gasteiger partial charge is 0.384 e. The molecule has 142 valence electrons. The molecule has 1 aromatic carbocycles. The largest absolute Gasteiger partial charge is 0.433 e. The van der Waals surface area contributed by atoms with Gasteiger partial charge in [0, 0.05) is 26.2 Å². The van der Waals surface area contributed by atoms with Crippen molar-refractivity contribution in [3.63, 3.8) is 0 Å². The number of nitrogens with one attached hydrogen (secondary N) is 2. The zero-order chi connectivity index (χ0) is 19.6. The molecule has 2 heterocycles. The molecule has 10 heteroatoms. The standard InChI is InChI=1S/C17H16ClF3N6/c1-22-12-8-25-16(18)26-14(12)23-7-10-3-5-11(6-4-10)15-24-9-13(27(15)2)17(19,20)21/h3-6,8-9,22H,7H2,1-2H3,(H,23,25,26). The first-order valence-corrected chi connectivity index (χ1v) is 8.29. The maximum Gasteiger partial charge on any atom is 0.433 e. The fourth-order valence-corrected chi connectivity index (χ4v) is 2.71. The lowest BCUT2D eigenvalue weighted by Crippen LogP contribution is -2.11. The van der Waals surface area contributed by atoms with Gasteiger partial charge in [0.25, 0.3) is 0 Å². The minimum absolute atomic E-state index is 0.127. The SMILES string of the molecule is CNc1cnc(Cl)nc1NCc1ccc(-c2ncc(C(F)(F)F)n2C)cc1. The highest BCUT2D eigenvalue weighted by atomic mass is 35.5. The van der Waals surface area contributed by atoms with Crippen LogP contribution in [0.25, 0.3) is 11.4 Å². The number of hydrogen-bond acceptors (Lipinski definition) is 5. The molecule has 0 radical (unpaired) electrons. The van der Waals surface area contributed by atoms with Crippen molar-refractivity contribution in [2.45, 2.75) is 12.7 Å². The molecule has 3 rings (SSSR count). The van der Waals surface area contributed by atoms with Crippen LogP contribution in [0.2, 0.25) is 5.28 Å². The Hall–Kier alpha value is -2.81. The summed E-state index contributed by atoms with van der Waals surface area (Å²) in [7, 11) is 3.09. The van der Waals surface area contributed by atoms with Crippen LogP contribution in [0.5, 0.6) is 0 Å². The van der Waals surface area contributed by atoms with Crippen LogP contribution < -0.4 is 10.6 Å². The van der Waals surface area contributed by atoms with E-state index in [1.807, 2.05) is 12.1 Å². The molecule has 6 nitrogen and oxygen atoms in total. The lowest BCUT2D eigenvalue weighted by atomic mass is 10.1. The number of halogens is 4. The van der Waals surface area contributed by atoms with Crippen molar-refractivity contribution in [2.24, 2.45) is 7.05 Å². The predicted molar refractivity (Wildman–Crippen MR) is 97.6 cm³/mol. The van der Waals surface area contributed by atoms with Gasteiger partial charge in [0.1, 0.15) is 11.5 Å². The van der Waals surface area contributed by atoms with Crippen molar-refractivity contribution in [1.29, 1.82) is 0 Å². The van der Waals surface area contributed by atoms with Gasteiger partial charge < -0.3 is 15.2 Å². The lowest BCUT2D eigenvalue weighted by Gasteiger charge is -2.11. The lowest BCUT2D eigenvalue weighted by molar-refractivity contribution is -0.143. The molecule has 0 aliphatic heterocycles. The summed E-state index contributed by atoms with van der Waals surface area (Å²) < 4.78 is 39.7. The average Bonchev–Trinajstić information content (AvgIpc) is 3.02. The summed E-state index contributed by atoms with van der Waals surface area (Å²) in [5.41, 5.74) is 1.42. The number of benzene rings is 1. The van der Waals surface area contributed by atoms with Crippen LogP contribution in [-0.2, 0) is 19.8 Å². The Labute approximate surface area is 158 Å². The van der Waals surface area contributed by atoms with Gasteiger partial charge in [0.2, 0.25) is 5.28 Å². The minimum atomic E-state index is -4.44. The topological polar surface area (TPSA) is 67.7 Å². The number of aromatic nitrogens is 4. The van der Waals surface area contributed by atoms with E-state index < -0.39 is 11.9 Å². The van der Waals surface area contributed by atoms with Crippen molar-refractivity contribution >= 4 is 23.1 Å². The number of rotatable bonds is 5. The van der Waals surface area contributed by atoms with E-state index in [4.69, 9.17) is 11.6 Å². The molecule has 0 spiro atoms. The molecular weight excluding hydrogens is 381 g/mol. The minimum Gasteiger partial charge on any atom is -0.384 e. The van der Waals surface area contributed by atoms with Crippen LogP contribution in [0.3, 0.4) is 0 Å². The van der Waals surface area contributed by atoms with E-state index in [-0.39, 0.29) is 11.1 Å². The molecule has 0 bridgehead atoms. The second-order valence-corrected chi connectivity index (χ2v) is 6.06. The predicted octanol–water partition coefficient (Wildman–Crippen LogP) is 4.20. The molecule has 0 atom stereocenters. The fourth-order valence-electron chi connectivity index (χ4n) is 2.58. The maximum absolute atomic E-state index is 12.9. The third kappa shape index (κ3) is 4.13. The van der Waals surface area contributed by atoms with E-state index in [2.05, 4.69) is 25.6 Å². The number of hydrogen-bond donors (Lipinski definition) is 2. The van der Waals surface area contributed by atoms with Gasteiger partial charge in [0.15, 0.2) is 5.82 Å². The maximum atomic E-state index is 12.9. The number of anilines is 2. The molecular formula is C17H16ClF3N6. The molecule has 2 aromatic heterocycles. The van der Waals surface area contributed by atoms with Crippen LogP contribution in [0.15, 0.2) is 36.7 Å². The summed E-state index contributed by atoms with van der Waals surface area (Å²) in [5, 5.41) is 6.24. The highest BCUT2D eigenvalue weighted by Crippen LogP contribution is 2.31. The summed E-state index contributed by atoms with van der Waals surface area (Å²) in [5.74, 6) is 0.808. The van der Waals surface area contributed by atoms with E-state index in [1.165, 1.54) is 7.05 Å². The van der Waals surface area contributed by atoms with Gasteiger partial charge in [-0.2, -0.15) is 18.2 Å². The van der Waals surface area contributed by atoms with Crippen molar-refractivity contribution in [1.82, 2.24) is 19.5 Å². The van der Waals surface area contributed by atoms with Crippen LogP contribution in [0, 0.1) is 0 Å². The van der Waals surface area contributed by atoms with Gasteiger partial charge >= 0.3 is 6.18 Å². The zero-order valence-corrected chi connectivity index (χ0v) is 15.2. The van der Waals surface area contributed by atoms with Crippen molar-refractivity contribution in [2.75, 3.05) is 17.7 Å². The third-order valence-electron chi connectivity index (χ3n) is 3.98. The monoisotopic (exact) mass is 396 g/mol. The van der Waals surface area contributed by atoms with E-state index in [0.717, 1.165) is 16.3 Å². The summed E-state index contributed by atoms with van der Waals surface area (Å²) in [6.45, 7) is 0.455. The summed E-state index contributed by atoms with van der Waals surface area (Å²) in [6.07, 6.45) is -2.03. The Balaban J connectivity index is 1.75. The molecule has 27 heavy (non-hydrogen) atoms. The van der Waals surface area contributed by atoms with Gasteiger partial charge in [-0.1, -0.05) is 24.3 Å². The van der Waals surface area contributed by atoms with Crippen LogP contribution >= 0.6 is 11.6 Å². The van der Waals surface area contributed by atoms with Crippen LogP contribution in [0.1, 0.15) is 11.3 Å². The van der Waals surface area contributed by atoms with E-state index in [0.29, 0.717) is 23.6 Å². The van der Waals surface area contributed by atoms with E-state index in [9.17, 15) is 13.2 Å². The number of nitrogens with zero attached hydrogens (tertiary/aromatic N) is 4. The second kappa shape index (κ2) is 7.43. The third-order valence-corrected chi connectivity index (χ3v) is 4.16.